The predicted octanol–water partition coefficient (Wildman–Crippen LogP) is 4.56. The molecule has 3 nitrogen and oxygen atoms in total. The number of rotatable bonds is 6. The molecule has 1 aromatic carbocycles. The third-order valence-corrected chi connectivity index (χ3v) is 5.64. The molecular formula is C20H24N2OS. The van der Waals surface area contributed by atoms with Gasteiger partial charge in [-0.3, -0.25) is 0 Å². The van der Waals surface area contributed by atoms with E-state index in [4.69, 9.17) is 4.74 Å². The van der Waals surface area contributed by atoms with E-state index in [1.807, 2.05) is 17.4 Å². The van der Waals surface area contributed by atoms with Crippen molar-refractivity contribution in [1.29, 1.82) is 0 Å². The molecule has 0 unspecified atom stereocenters. The zero-order valence-electron chi connectivity index (χ0n) is 14.7. The molecule has 4 heteroatoms. The summed E-state index contributed by atoms with van der Waals surface area (Å²) in [6.07, 6.45) is 2.85. The van der Waals surface area contributed by atoms with Crippen molar-refractivity contribution in [3.63, 3.8) is 0 Å². The summed E-state index contributed by atoms with van der Waals surface area (Å²) in [6.45, 7) is 3.31. The maximum Gasteiger partial charge on any atom is 0.216 e. The molecule has 0 amide bonds. The highest BCUT2D eigenvalue weighted by atomic mass is 32.1. The molecule has 24 heavy (non-hydrogen) atoms. The lowest BCUT2D eigenvalue weighted by atomic mass is 9.90. The topological polar surface area (TPSA) is 25.4 Å². The summed E-state index contributed by atoms with van der Waals surface area (Å²) in [4.78, 5) is 8.09. The number of benzene rings is 1. The van der Waals surface area contributed by atoms with Crippen LogP contribution in [0.4, 0.5) is 0 Å². The van der Waals surface area contributed by atoms with Gasteiger partial charge in [0.05, 0.1) is 7.11 Å². The number of hydrogen-bond donors (Lipinski definition) is 0. The first-order chi connectivity index (χ1) is 11.6. The number of thiophene rings is 1. The van der Waals surface area contributed by atoms with Crippen LogP contribution in [0.3, 0.4) is 0 Å². The third-order valence-electron chi connectivity index (χ3n) is 4.39. The van der Waals surface area contributed by atoms with Crippen LogP contribution >= 0.6 is 11.3 Å². The summed E-state index contributed by atoms with van der Waals surface area (Å²) in [6, 6.07) is 12.8. The predicted molar refractivity (Wildman–Crippen MR) is 102 cm³/mol. The van der Waals surface area contributed by atoms with Gasteiger partial charge in [0.15, 0.2) is 0 Å². The summed E-state index contributed by atoms with van der Waals surface area (Å²) in [7, 11) is 5.94. The van der Waals surface area contributed by atoms with Gasteiger partial charge in [0.2, 0.25) is 5.88 Å². The molecule has 0 spiro atoms. The van der Waals surface area contributed by atoms with Crippen molar-refractivity contribution >= 4 is 21.4 Å². The van der Waals surface area contributed by atoms with E-state index in [1.54, 1.807) is 13.3 Å². The van der Waals surface area contributed by atoms with E-state index in [1.165, 1.54) is 20.5 Å². The van der Waals surface area contributed by atoms with Crippen LogP contribution in [0.1, 0.15) is 28.8 Å². The van der Waals surface area contributed by atoms with Gasteiger partial charge in [0.1, 0.15) is 0 Å². The first-order valence-corrected chi connectivity index (χ1v) is 9.07. The molecule has 2 heterocycles. The van der Waals surface area contributed by atoms with Crippen LogP contribution < -0.4 is 4.74 Å². The van der Waals surface area contributed by atoms with Gasteiger partial charge in [-0.1, -0.05) is 31.2 Å². The highest BCUT2D eigenvalue weighted by molar-refractivity contribution is 7.19. The van der Waals surface area contributed by atoms with Crippen LogP contribution in [0.25, 0.3) is 10.1 Å². The lowest BCUT2D eigenvalue weighted by Gasteiger charge is -2.17. The molecule has 0 bridgehead atoms. The van der Waals surface area contributed by atoms with E-state index in [2.05, 4.69) is 61.2 Å². The Hall–Kier alpha value is -1.91. The smallest absolute Gasteiger partial charge is 0.216 e. The molecular weight excluding hydrogens is 316 g/mol. The highest BCUT2D eigenvalue weighted by Gasteiger charge is 2.22. The average molecular weight is 340 g/mol. The average Bonchev–Trinajstić information content (AvgIpc) is 2.97. The van der Waals surface area contributed by atoms with Gasteiger partial charge in [-0.05, 0) is 43.6 Å². The van der Waals surface area contributed by atoms with E-state index in [0.29, 0.717) is 0 Å². The summed E-state index contributed by atoms with van der Waals surface area (Å²) < 4.78 is 6.86. The maximum atomic E-state index is 5.50. The molecule has 126 valence electrons. The molecule has 0 aliphatic carbocycles. The minimum atomic E-state index is 0.252. The molecule has 0 N–H and O–H groups in total. The SMILES string of the molecule is COc1ncccc1[C@H](C)c1c(CCN(C)C)sc2ccccc12. The van der Waals surface area contributed by atoms with Gasteiger partial charge in [-0.25, -0.2) is 4.98 Å². The number of ether oxygens (including phenoxy) is 1. The van der Waals surface area contributed by atoms with Gasteiger partial charge in [-0.15, -0.1) is 11.3 Å². The molecule has 2 aromatic heterocycles. The summed E-state index contributed by atoms with van der Waals surface area (Å²) in [5.41, 5.74) is 2.57. The third kappa shape index (κ3) is 3.30. The van der Waals surface area contributed by atoms with Crippen LogP contribution in [0.5, 0.6) is 5.88 Å². The lowest BCUT2D eigenvalue weighted by Crippen LogP contribution is -2.15. The Labute approximate surface area is 147 Å². The van der Waals surface area contributed by atoms with Crippen LogP contribution in [-0.4, -0.2) is 37.6 Å². The fourth-order valence-corrected chi connectivity index (χ4v) is 4.45. The maximum absolute atomic E-state index is 5.50. The van der Waals surface area contributed by atoms with Crippen molar-refractivity contribution in [2.24, 2.45) is 0 Å². The number of hydrogen-bond acceptors (Lipinski definition) is 4. The molecule has 3 rings (SSSR count). The zero-order valence-corrected chi connectivity index (χ0v) is 15.6. The first-order valence-electron chi connectivity index (χ1n) is 8.25. The second-order valence-electron chi connectivity index (χ2n) is 6.31. The molecule has 0 fully saturated rings. The largest absolute Gasteiger partial charge is 0.481 e. The van der Waals surface area contributed by atoms with Gasteiger partial charge in [0, 0.05) is 33.8 Å². The molecule has 0 saturated heterocycles. The van der Waals surface area contributed by atoms with Gasteiger partial charge >= 0.3 is 0 Å². The summed E-state index contributed by atoms with van der Waals surface area (Å²) in [5.74, 6) is 0.973. The fourth-order valence-electron chi connectivity index (χ4n) is 3.16. The quantitative estimate of drug-likeness (QED) is 0.658. The molecule has 0 radical (unpaired) electrons. The number of methoxy groups -OCH3 is 1. The van der Waals surface area contributed by atoms with Crippen LogP contribution in [0, 0.1) is 0 Å². The van der Waals surface area contributed by atoms with Crippen LogP contribution in [0.15, 0.2) is 42.6 Å². The standard InChI is InChI=1S/C20H24N2OS/c1-14(15-9-7-12-21-20(15)23-4)19-16-8-5-6-10-17(16)24-18(19)11-13-22(2)3/h5-10,12,14H,11,13H2,1-4H3/t14-/m0/s1. The van der Waals surface area contributed by atoms with Crippen LogP contribution in [-0.2, 0) is 6.42 Å². The Morgan fingerprint density at radius 2 is 1.96 bits per heavy atom. The van der Waals surface area contributed by atoms with E-state index in [9.17, 15) is 0 Å². The van der Waals surface area contributed by atoms with Crippen molar-refractivity contribution in [1.82, 2.24) is 9.88 Å². The normalized spacial score (nSPS) is 12.7. The Kier molecular flexibility index (Phi) is 5.17. The van der Waals surface area contributed by atoms with Gasteiger partial charge in [-0.2, -0.15) is 0 Å². The minimum absolute atomic E-state index is 0.252. The molecule has 0 saturated carbocycles. The Morgan fingerprint density at radius 3 is 2.71 bits per heavy atom. The summed E-state index contributed by atoms with van der Waals surface area (Å²) in [5, 5.41) is 1.36. The lowest BCUT2D eigenvalue weighted by molar-refractivity contribution is 0.391. The Balaban J connectivity index is 2.10. The monoisotopic (exact) mass is 340 g/mol. The van der Waals surface area contributed by atoms with Crippen LogP contribution in [0.2, 0.25) is 0 Å². The van der Waals surface area contributed by atoms with Crippen molar-refractivity contribution in [2.45, 2.75) is 19.3 Å². The number of nitrogens with zero attached hydrogens (tertiary/aromatic N) is 2. The van der Waals surface area contributed by atoms with Gasteiger partial charge < -0.3 is 9.64 Å². The number of pyridine rings is 1. The highest BCUT2D eigenvalue weighted by Crippen LogP contribution is 2.41. The first kappa shape index (κ1) is 16.9. The van der Waals surface area contributed by atoms with Crippen molar-refractivity contribution in [2.75, 3.05) is 27.7 Å². The van der Waals surface area contributed by atoms with Crippen molar-refractivity contribution in [3.8, 4) is 5.88 Å². The second kappa shape index (κ2) is 7.32. The van der Waals surface area contributed by atoms with E-state index >= 15 is 0 Å². The van der Waals surface area contributed by atoms with Crippen molar-refractivity contribution < 1.29 is 4.74 Å². The van der Waals surface area contributed by atoms with Gasteiger partial charge in [0.25, 0.3) is 0 Å². The van der Waals surface area contributed by atoms with E-state index in [-0.39, 0.29) is 5.92 Å². The Bertz CT molecular complexity index is 825. The molecule has 0 aliphatic rings. The molecule has 3 aromatic rings. The molecule has 1 atom stereocenters. The molecule has 0 aliphatic heterocycles. The van der Waals surface area contributed by atoms with Crippen molar-refractivity contribution in [3.05, 3.63) is 58.6 Å². The number of aromatic nitrogens is 1. The number of likely N-dealkylation sites (N-methyl/N-ethyl adjacent to an activating group) is 1. The van der Waals surface area contributed by atoms with E-state index < -0.39 is 0 Å². The minimum Gasteiger partial charge on any atom is -0.481 e. The Morgan fingerprint density at radius 1 is 1.17 bits per heavy atom. The second-order valence-corrected chi connectivity index (χ2v) is 7.45. The summed E-state index contributed by atoms with van der Waals surface area (Å²) >= 11 is 1.91. The number of fused-ring (bicyclic) bond motifs is 1. The fraction of sp³-hybridized carbons (Fsp3) is 0.350. The zero-order chi connectivity index (χ0) is 17.1. The van der Waals surface area contributed by atoms with E-state index in [0.717, 1.165) is 24.4 Å².